The van der Waals surface area contributed by atoms with Crippen molar-refractivity contribution >= 4 is 47.2 Å². The summed E-state index contributed by atoms with van der Waals surface area (Å²) in [5, 5.41) is 36.8. The average molecular weight is 558 g/mol. The molecule has 0 fully saturated rings. The summed E-state index contributed by atoms with van der Waals surface area (Å²) < 4.78 is 0. The van der Waals surface area contributed by atoms with Crippen LogP contribution >= 0.6 is 12.6 Å². The Morgan fingerprint density at radius 1 is 0.872 bits per heavy atom. The van der Waals surface area contributed by atoms with Crippen molar-refractivity contribution in [2.75, 3.05) is 12.4 Å². The predicted molar refractivity (Wildman–Crippen MR) is 146 cm³/mol. The second-order valence-corrected chi connectivity index (χ2v) is 9.29. The molecule has 0 aliphatic carbocycles. The van der Waals surface area contributed by atoms with E-state index in [0.29, 0.717) is 11.1 Å². The van der Waals surface area contributed by atoms with E-state index in [1.807, 2.05) is 24.3 Å². The first kappa shape index (κ1) is 29.5. The lowest BCUT2D eigenvalue weighted by atomic mass is 10.0. The summed E-state index contributed by atoms with van der Waals surface area (Å²) >= 11 is 4.09. The van der Waals surface area contributed by atoms with Crippen molar-refractivity contribution in [1.29, 1.82) is 0 Å². The number of rotatable bonds is 13. The number of carboxylic acids is 1. The first-order valence-corrected chi connectivity index (χ1v) is 12.7. The van der Waals surface area contributed by atoms with Gasteiger partial charge >= 0.3 is 5.97 Å². The number of aliphatic carboxylic acids is 1. The second kappa shape index (κ2) is 13.6. The SMILES string of the molecule is NC(CO)C(=O)NC(CS)C(=O)NC(Cc1ccc(O)cc1)C(=O)NC(Cc1c[nH]c2ccccc12)C(=O)O. The van der Waals surface area contributed by atoms with Gasteiger partial charge in [0.2, 0.25) is 17.7 Å². The number of carbonyl (C=O) groups is 4. The number of para-hydroxylation sites is 1. The zero-order chi connectivity index (χ0) is 28.5. The molecule has 1 heterocycles. The van der Waals surface area contributed by atoms with Crippen molar-refractivity contribution in [2.45, 2.75) is 37.0 Å². The molecule has 2 aromatic carbocycles. The number of phenols is 1. The Bertz CT molecular complexity index is 1310. The Labute approximate surface area is 229 Å². The number of phenolic OH excluding ortho intramolecular Hbond substituents is 1. The standard InChI is InChI=1S/C26H31N5O7S/c27-18(12-32)23(34)31-22(13-39)25(36)29-20(9-14-5-7-16(33)8-6-14)24(35)30-21(26(37)38)10-15-11-28-19-4-2-1-3-17(15)19/h1-8,11,18,20-22,28,32-33,39H,9-10,12-13,27H2,(H,29,36)(H,30,35)(H,31,34)(H,37,38). The summed E-state index contributed by atoms with van der Waals surface area (Å²) in [5.41, 5.74) is 7.58. The van der Waals surface area contributed by atoms with Gasteiger partial charge in [-0.05, 0) is 29.3 Å². The number of hydrogen-bond acceptors (Lipinski definition) is 8. The van der Waals surface area contributed by atoms with Crippen LogP contribution in [0.2, 0.25) is 0 Å². The highest BCUT2D eigenvalue weighted by molar-refractivity contribution is 7.80. The summed E-state index contributed by atoms with van der Waals surface area (Å²) in [6.07, 6.45) is 1.62. The molecule has 39 heavy (non-hydrogen) atoms. The summed E-state index contributed by atoms with van der Waals surface area (Å²) in [4.78, 5) is 53.5. The Morgan fingerprint density at radius 3 is 2.13 bits per heavy atom. The van der Waals surface area contributed by atoms with Crippen LogP contribution in [0.1, 0.15) is 11.1 Å². The minimum absolute atomic E-state index is 0.00605. The summed E-state index contributed by atoms with van der Waals surface area (Å²) in [6, 6.07) is 8.30. The molecular formula is C26H31N5O7S. The quantitative estimate of drug-likeness (QED) is 0.124. The lowest BCUT2D eigenvalue weighted by Gasteiger charge is -2.24. The molecule has 0 saturated carbocycles. The zero-order valence-corrected chi connectivity index (χ0v) is 21.7. The molecule has 9 N–H and O–H groups in total. The number of nitrogens with two attached hydrogens (primary N) is 1. The molecule has 3 aromatic rings. The smallest absolute Gasteiger partial charge is 0.326 e. The zero-order valence-electron chi connectivity index (χ0n) is 20.8. The van der Waals surface area contributed by atoms with Gasteiger partial charge in [-0.25, -0.2) is 4.79 Å². The molecular weight excluding hydrogens is 526 g/mol. The third-order valence-corrected chi connectivity index (χ3v) is 6.44. The van der Waals surface area contributed by atoms with Crippen LogP contribution in [0.5, 0.6) is 5.75 Å². The molecule has 0 bridgehead atoms. The molecule has 0 aliphatic heterocycles. The van der Waals surface area contributed by atoms with Gasteiger partial charge in [0, 0.05) is 35.7 Å². The van der Waals surface area contributed by atoms with Gasteiger partial charge in [-0.2, -0.15) is 12.6 Å². The van der Waals surface area contributed by atoms with Crippen LogP contribution in [0, 0.1) is 0 Å². The summed E-state index contributed by atoms with van der Waals surface area (Å²) in [6.45, 7) is -0.633. The van der Waals surface area contributed by atoms with Crippen molar-refractivity contribution in [2.24, 2.45) is 5.73 Å². The van der Waals surface area contributed by atoms with Gasteiger partial charge in [-0.15, -0.1) is 0 Å². The molecule has 0 saturated heterocycles. The van der Waals surface area contributed by atoms with Gasteiger partial charge in [-0.3, -0.25) is 14.4 Å². The van der Waals surface area contributed by atoms with Crippen molar-refractivity contribution in [3.63, 3.8) is 0 Å². The lowest BCUT2D eigenvalue weighted by Crippen LogP contribution is -2.58. The van der Waals surface area contributed by atoms with E-state index in [-0.39, 0.29) is 24.3 Å². The van der Waals surface area contributed by atoms with Gasteiger partial charge in [0.25, 0.3) is 0 Å². The number of aromatic amines is 1. The summed E-state index contributed by atoms with van der Waals surface area (Å²) in [7, 11) is 0. The van der Waals surface area contributed by atoms with Crippen LogP contribution in [0.25, 0.3) is 10.9 Å². The maximum absolute atomic E-state index is 13.3. The molecule has 4 atom stereocenters. The van der Waals surface area contributed by atoms with Crippen molar-refractivity contribution in [1.82, 2.24) is 20.9 Å². The van der Waals surface area contributed by atoms with E-state index in [4.69, 9.17) is 10.8 Å². The van der Waals surface area contributed by atoms with E-state index in [9.17, 15) is 29.4 Å². The number of carbonyl (C=O) groups excluding carboxylic acids is 3. The molecule has 1 aromatic heterocycles. The number of benzene rings is 2. The number of thiol groups is 1. The fraction of sp³-hybridized carbons (Fsp3) is 0.308. The third kappa shape index (κ3) is 7.96. The van der Waals surface area contributed by atoms with Crippen molar-refractivity contribution in [3.05, 3.63) is 65.9 Å². The molecule has 3 rings (SSSR count). The first-order valence-electron chi connectivity index (χ1n) is 12.1. The Balaban J connectivity index is 1.80. The van der Waals surface area contributed by atoms with Gasteiger partial charge in [0.05, 0.1) is 6.61 Å². The Morgan fingerprint density at radius 2 is 1.49 bits per heavy atom. The highest BCUT2D eigenvalue weighted by Crippen LogP contribution is 2.19. The van der Waals surface area contributed by atoms with E-state index in [1.54, 1.807) is 18.3 Å². The van der Waals surface area contributed by atoms with E-state index < -0.39 is 54.5 Å². The van der Waals surface area contributed by atoms with Crippen LogP contribution in [0.4, 0.5) is 0 Å². The number of aromatic nitrogens is 1. The number of hydrogen-bond donors (Lipinski definition) is 9. The van der Waals surface area contributed by atoms with Crippen molar-refractivity contribution < 1.29 is 34.5 Å². The van der Waals surface area contributed by atoms with Gasteiger partial charge in [0.1, 0.15) is 29.9 Å². The van der Waals surface area contributed by atoms with Crippen molar-refractivity contribution in [3.8, 4) is 5.75 Å². The fourth-order valence-corrected chi connectivity index (χ4v) is 4.16. The van der Waals surface area contributed by atoms with Crippen LogP contribution in [-0.4, -0.2) is 80.5 Å². The number of aliphatic hydroxyl groups is 1. The molecule has 0 spiro atoms. The van der Waals surface area contributed by atoms with E-state index in [2.05, 4.69) is 33.6 Å². The molecule has 12 nitrogen and oxygen atoms in total. The predicted octanol–water partition coefficient (Wildman–Crippen LogP) is -0.553. The third-order valence-electron chi connectivity index (χ3n) is 6.07. The number of aliphatic hydroxyl groups excluding tert-OH is 1. The molecule has 4 unspecified atom stereocenters. The van der Waals surface area contributed by atoms with Gasteiger partial charge < -0.3 is 42.0 Å². The topological polar surface area (TPSA) is 207 Å². The lowest BCUT2D eigenvalue weighted by molar-refractivity contribution is -0.142. The highest BCUT2D eigenvalue weighted by Gasteiger charge is 2.30. The van der Waals surface area contributed by atoms with Gasteiger partial charge in [0.15, 0.2) is 0 Å². The number of aromatic hydroxyl groups is 1. The minimum atomic E-state index is -1.31. The maximum atomic E-state index is 13.3. The monoisotopic (exact) mass is 557 g/mol. The fourth-order valence-electron chi connectivity index (χ4n) is 3.90. The number of nitrogens with one attached hydrogen (secondary N) is 4. The van der Waals surface area contributed by atoms with Crippen LogP contribution in [0.15, 0.2) is 54.7 Å². The van der Waals surface area contributed by atoms with Gasteiger partial charge in [-0.1, -0.05) is 30.3 Å². The number of carboxylic acid groups (broad SMARTS) is 1. The molecule has 0 radical (unpaired) electrons. The molecule has 3 amide bonds. The molecule has 13 heteroatoms. The molecule has 0 aliphatic rings. The van der Waals surface area contributed by atoms with E-state index >= 15 is 0 Å². The van der Waals surface area contributed by atoms with Crippen LogP contribution < -0.4 is 21.7 Å². The van der Waals surface area contributed by atoms with Crippen LogP contribution in [0.3, 0.4) is 0 Å². The Kier molecular flexibility index (Phi) is 10.3. The largest absolute Gasteiger partial charge is 0.508 e. The minimum Gasteiger partial charge on any atom is -0.508 e. The average Bonchev–Trinajstić information content (AvgIpc) is 3.33. The van der Waals surface area contributed by atoms with E-state index in [0.717, 1.165) is 10.9 Å². The normalized spacial score (nSPS) is 14.1. The number of fused-ring (bicyclic) bond motifs is 1. The van der Waals surface area contributed by atoms with E-state index in [1.165, 1.54) is 12.1 Å². The van der Waals surface area contributed by atoms with Crippen LogP contribution in [-0.2, 0) is 32.0 Å². The number of amides is 3. The summed E-state index contributed by atoms with van der Waals surface area (Å²) in [5.74, 6) is -3.70. The molecule has 208 valence electrons. The number of H-pyrrole nitrogens is 1. The first-order chi connectivity index (χ1) is 18.6. The maximum Gasteiger partial charge on any atom is 0.326 e. The highest BCUT2D eigenvalue weighted by atomic mass is 32.1. The Hall–Kier alpha value is -4.07. The second-order valence-electron chi connectivity index (χ2n) is 8.93.